The summed E-state index contributed by atoms with van der Waals surface area (Å²) < 4.78 is 0. The lowest BCUT2D eigenvalue weighted by Crippen LogP contribution is -2.05. The summed E-state index contributed by atoms with van der Waals surface area (Å²) in [5, 5.41) is 10.6. The zero-order valence-corrected chi connectivity index (χ0v) is 15.9. The third-order valence-corrected chi connectivity index (χ3v) is 4.22. The van der Waals surface area contributed by atoms with Gasteiger partial charge in [-0.1, -0.05) is 35.3 Å². The molecule has 0 radical (unpaired) electrons. The normalized spacial score (nSPS) is 10.5. The van der Waals surface area contributed by atoms with Gasteiger partial charge in [0.05, 0.1) is 18.1 Å². The van der Waals surface area contributed by atoms with Crippen molar-refractivity contribution in [1.82, 2.24) is 15.0 Å². The molecule has 1 aromatic carbocycles. The Kier molecular flexibility index (Phi) is 5.75. The summed E-state index contributed by atoms with van der Waals surface area (Å²) in [7, 11) is 1.75. The molecule has 3 aromatic rings. The molecule has 0 unspecified atom stereocenters. The van der Waals surface area contributed by atoms with Gasteiger partial charge in [-0.25, -0.2) is 9.97 Å². The first kappa shape index (κ1) is 18.2. The van der Waals surface area contributed by atoms with Crippen LogP contribution in [0.4, 0.5) is 23.3 Å². The predicted octanol–water partition coefficient (Wildman–Crippen LogP) is 4.88. The molecule has 26 heavy (non-hydrogen) atoms. The monoisotopic (exact) mass is 388 g/mol. The van der Waals surface area contributed by atoms with Crippen molar-refractivity contribution in [3.05, 3.63) is 63.9 Å². The second-order valence-electron chi connectivity index (χ2n) is 5.63. The Morgan fingerprint density at radius 1 is 1.00 bits per heavy atom. The minimum absolute atomic E-state index is 0.446. The Labute approximate surface area is 162 Å². The van der Waals surface area contributed by atoms with Crippen molar-refractivity contribution in [2.75, 3.05) is 23.0 Å². The van der Waals surface area contributed by atoms with E-state index in [4.69, 9.17) is 23.2 Å². The van der Waals surface area contributed by atoms with E-state index in [9.17, 15) is 0 Å². The fourth-order valence-electron chi connectivity index (χ4n) is 2.35. The number of nitrogens with zero attached hydrogens (tertiary/aromatic N) is 3. The first-order valence-electron chi connectivity index (χ1n) is 7.97. The molecule has 0 aliphatic heterocycles. The van der Waals surface area contributed by atoms with E-state index in [-0.39, 0.29) is 0 Å². The summed E-state index contributed by atoms with van der Waals surface area (Å²) >= 11 is 11.9. The molecular formula is C18H18Cl2N6. The van der Waals surface area contributed by atoms with Gasteiger partial charge in [-0.15, -0.1) is 0 Å². The zero-order valence-electron chi connectivity index (χ0n) is 14.3. The van der Waals surface area contributed by atoms with Gasteiger partial charge in [-0.05, 0) is 36.2 Å². The van der Waals surface area contributed by atoms with Crippen molar-refractivity contribution in [3.63, 3.8) is 0 Å². The second kappa shape index (κ2) is 8.21. The number of pyridine rings is 1. The van der Waals surface area contributed by atoms with Crippen molar-refractivity contribution in [3.8, 4) is 0 Å². The van der Waals surface area contributed by atoms with E-state index in [1.165, 1.54) is 0 Å². The Bertz CT molecular complexity index is 899. The summed E-state index contributed by atoms with van der Waals surface area (Å²) in [6.45, 7) is 2.66. The predicted molar refractivity (Wildman–Crippen MR) is 108 cm³/mol. The van der Waals surface area contributed by atoms with E-state index in [1.54, 1.807) is 19.4 Å². The molecule has 6 nitrogen and oxygen atoms in total. The SMILES string of the molecule is CNc1nc(Nc2cnc(NCc3ccc(Cl)cc3)c(C)c2)ncc1Cl. The molecule has 2 aromatic heterocycles. The number of hydrogen-bond acceptors (Lipinski definition) is 6. The van der Waals surface area contributed by atoms with Crippen molar-refractivity contribution in [2.24, 2.45) is 0 Å². The molecule has 3 N–H and O–H groups in total. The topological polar surface area (TPSA) is 74.8 Å². The maximum atomic E-state index is 6.00. The Morgan fingerprint density at radius 2 is 1.77 bits per heavy atom. The standard InChI is InChI=1S/C18H18Cl2N6/c1-11-7-14(25-18-24-10-15(20)17(21-2)26-18)9-23-16(11)22-8-12-3-5-13(19)6-4-12/h3-7,9-10H,8H2,1-2H3,(H,22,23)(H2,21,24,25,26). The van der Waals surface area contributed by atoms with E-state index in [0.717, 1.165) is 27.7 Å². The highest BCUT2D eigenvalue weighted by Crippen LogP contribution is 2.22. The van der Waals surface area contributed by atoms with Crippen LogP contribution in [0, 0.1) is 6.92 Å². The number of hydrogen-bond donors (Lipinski definition) is 3. The fraction of sp³-hybridized carbons (Fsp3) is 0.167. The number of aromatic nitrogens is 3. The van der Waals surface area contributed by atoms with Gasteiger partial charge in [-0.3, -0.25) is 0 Å². The molecule has 8 heteroatoms. The third-order valence-electron chi connectivity index (χ3n) is 3.69. The molecule has 0 fully saturated rings. The maximum Gasteiger partial charge on any atom is 0.229 e. The van der Waals surface area contributed by atoms with Crippen LogP contribution in [0.1, 0.15) is 11.1 Å². The van der Waals surface area contributed by atoms with E-state index >= 15 is 0 Å². The smallest absolute Gasteiger partial charge is 0.229 e. The Balaban J connectivity index is 1.68. The lowest BCUT2D eigenvalue weighted by atomic mass is 10.2. The van der Waals surface area contributed by atoms with Crippen LogP contribution in [0.15, 0.2) is 42.7 Å². The van der Waals surface area contributed by atoms with Crippen molar-refractivity contribution in [1.29, 1.82) is 0 Å². The lowest BCUT2D eigenvalue weighted by molar-refractivity contribution is 1.09. The number of halogens is 2. The first-order valence-corrected chi connectivity index (χ1v) is 8.73. The zero-order chi connectivity index (χ0) is 18.5. The van der Waals surface area contributed by atoms with Gasteiger partial charge in [0.15, 0.2) is 0 Å². The van der Waals surface area contributed by atoms with Crippen LogP contribution < -0.4 is 16.0 Å². The number of nitrogens with one attached hydrogen (secondary N) is 3. The van der Waals surface area contributed by atoms with Crippen LogP contribution in [0.2, 0.25) is 10.0 Å². The molecule has 0 bridgehead atoms. The average molecular weight is 389 g/mol. The van der Waals surface area contributed by atoms with E-state index in [0.29, 0.717) is 23.3 Å². The van der Waals surface area contributed by atoms with Gasteiger partial charge in [0.1, 0.15) is 16.7 Å². The van der Waals surface area contributed by atoms with Crippen LogP contribution in [0.3, 0.4) is 0 Å². The quantitative estimate of drug-likeness (QED) is 0.558. The van der Waals surface area contributed by atoms with E-state index in [2.05, 4.69) is 30.9 Å². The highest BCUT2D eigenvalue weighted by atomic mass is 35.5. The summed E-state index contributed by atoms with van der Waals surface area (Å²) in [4.78, 5) is 12.9. The van der Waals surface area contributed by atoms with Crippen molar-refractivity contribution < 1.29 is 0 Å². The molecule has 134 valence electrons. The minimum Gasteiger partial charge on any atom is -0.372 e. The molecule has 0 atom stereocenters. The van der Waals surface area contributed by atoms with E-state index < -0.39 is 0 Å². The first-order chi connectivity index (χ1) is 12.5. The van der Waals surface area contributed by atoms with Crippen LogP contribution in [-0.4, -0.2) is 22.0 Å². The molecule has 3 rings (SSSR count). The summed E-state index contributed by atoms with van der Waals surface area (Å²) in [6.07, 6.45) is 3.28. The molecule has 2 heterocycles. The van der Waals surface area contributed by atoms with Gasteiger partial charge < -0.3 is 16.0 Å². The highest BCUT2D eigenvalue weighted by Gasteiger charge is 2.06. The Morgan fingerprint density at radius 3 is 2.46 bits per heavy atom. The number of benzene rings is 1. The van der Waals surface area contributed by atoms with Gasteiger partial charge in [-0.2, -0.15) is 4.98 Å². The average Bonchev–Trinajstić information content (AvgIpc) is 2.64. The maximum absolute atomic E-state index is 6.00. The Hall–Kier alpha value is -2.57. The minimum atomic E-state index is 0.446. The van der Waals surface area contributed by atoms with Crippen molar-refractivity contribution in [2.45, 2.75) is 13.5 Å². The number of rotatable bonds is 6. The molecule has 0 aliphatic carbocycles. The van der Waals surface area contributed by atoms with Crippen LogP contribution in [-0.2, 0) is 6.54 Å². The summed E-state index contributed by atoms with van der Waals surface area (Å²) in [5.74, 6) is 1.83. The molecule has 0 saturated carbocycles. The van der Waals surface area contributed by atoms with E-state index in [1.807, 2.05) is 37.3 Å². The highest BCUT2D eigenvalue weighted by molar-refractivity contribution is 6.32. The van der Waals surface area contributed by atoms with Gasteiger partial charge in [0, 0.05) is 18.6 Å². The second-order valence-corrected chi connectivity index (χ2v) is 6.48. The van der Waals surface area contributed by atoms with Gasteiger partial charge >= 0.3 is 0 Å². The molecular weight excluding hydrogens is 371 g/mol. The largest absolute Gasteiger partial charge is 0.372 e. The van der Waals surface area contributed by atoms with Crippen LogP contribution in [0.25, 0.3) is 0 Å². The van der Waals surface area contributed by atoms with Gasteiger partial charge in [0.25, 0.3) is 0 Å². The van der Waals surface area contributed by atoms with Crippen LogP contribution in [0.5, 0.6) is 0 Å². The molecule has 0 aliphatic rings. The van der Waals surface area contributed by atoms with Crippen LogP contribution >= 0.6 is 23.2 Å². The summed E-state index contributed by atoms with van der Waals surface area (Å²) in [6, 6.07) is 9.69. The van der Waals surface area contributed by atoms with Crippen molar-refractivity contribution >= 4 is 46.5 Å². The molecule has 0 spiro atoms. The molecule has 0 amide bonds. The summed E-state index contributed by atoms with van der Waals surface area (Å²) in [5.41, 5.74) is 2.93. The molecule has 0 saturated heterocycles. The third kappa shape index (κ3) is 4.53. The van der Waals surface area contributed by atoms with Gasteiger partial charge in [0.2, 0.25) is 5.95 Å². The lowest BCUT2D eigenvalue weighted by Gasteiger charge is -2.11. The number of aryl methyl sites for hydroxylation is 1. The fourth-order valence-corrected chi connectivity index (χ4v) is 2.66. The number of anilines is 4.